The van der Waals surface area contributed by atoms with E-state index >= 15 is 0 Å². The quantitative estimate of drug-likeness (QED) is 0.805. The fourth-order valence-electron chi connectivity index (χ4n) is 2.68. The topological polar surface area (TPSA) is 46.3 Å². The largest absolute Gasteiger partial charge is 0.345 e. The van der Waals surface area contributed by atoms with Crippen LogP contribution in [0.15, 0.2) is 28.7 Å². The van der Waals surface area contributed by atoms with E-state index in [1.165, 1.54) is 0 Å². The summed E-state index contributed by atoms with van der Waals surface area (Å²) in [7, 11) is 1.90. The third-order valence-corrected chi connectivity index (χ3v) is 5.03. The molecule has 1 aliphatic rings. The molecule has 1 unspecified atom stereocenters. The number of benzene rings is 1. The van der Waals surface area contributed by atoms with Crippen molar-refractivity contribution in [2.75, 3.05) is 13.6 Å². The Labute approximate surface area is 148 Å². The molecule has 22 heavy (non-hydrogen) atoms. The zero-order chi connectivity index (χ0) is 15.6. The molecule has 1 aromatic carbocycles. The lowest BCUT2D eigenvalue weighted by Gasteiger charge is -2.26. The van der Waals surface area contributed by atoms with Gasteiger partial charge in [0.25, 0.3) is 0 Å². The van der Waals surface area contributed by atoms with E-state index in [0.29, 0.717) is 5.92 Å². The molecule has 0 heterocycles. The summed E-state index contributed by atoms with van der Waals surface area (Å²) in [5, 5.41) is 0. The van der Waals surface area contributed by atoms with Crippen molar-refractivity contribution in [2.24, 2.45) is 11.7 Å². The van der Waals surface area contributed by atoms with Gasteiger partial charge in [0, 0.05) is 24.1 Å². The highest BCUT2D eigenvalue weighted by atomic mass is 79.9. The van der Waals surface area contributed by atoms with Gasteiger partial charge in [-0.1, -0.05) is 41.9 Å². The van der Waals surface area contributed by atoms with Crippen molar-refractivity contribution in [2.45, 2.75) is 44.6 Å². The molecule has 2 N–H and O–H groups in total. The second kappa shape index (κ2) is 7.80. The minimum absolute atomic E-state index is 0. The molecular formula is C17H26BrClN2O. The van der Waals surface area contributed by atoms with Gasteiger partial charge in [0.05, 0.1) is 5.41 Å². The van der Waals surface area contributed by atoms with Gasteiger partial charge in [-0.05, 0) is 42.9 Å². The minimum atomic E-state index is -0.291. The Morgan fingerprint density at radius 2 is 2.05 bits per heavy atom. The molecule has 124 valence electrons. The van der Waals surface area contributed by atoms with Crippen molar-refractivity contribution >= 4 is 34.2 Å². The second-order valence-corrected chi connectivity index (χ2v) is 7.43. The predicted molar refractivity (Wildman–Crippen MR) is 97.4 cm³/mol. The van der Waals surface area contributed by atoms with E-state index in [0.717, 1.165) is 35.8 Å². The Morgan fingerprint density at radius 1 is 1.41 bits per heavy atom. The third kappa shape index (κ3) is 4.24. The zero-order valence-corrected chi connectivity index (χ0v) is 15.9. The first kappa shape index (κ1) is 19.5. The molecule has 1 aromatic rings. The van der Waals surface area contributed by atoms with E-state index in [1.54, 1.807) is 0 Å². The molecule has 0 saturated heterocycles. The standard InChI is InChI=1S/C17H25BrN2O.ClH/c1-12(2)15(19)7-10-20(3)16(21)17(8-9-17)13-5-4-6-14(18)11-13;/h4-6,11-12,15H,7-10,19H2,1-3H3;1H. The third-order valence-electron chi connectivity index (χ3n) is 4.54. The molecule has 0 radical (unpaired) electrons. The van der Waals surface area contributed by atoms with Gasteiger partial charge in [-0.2, -0.15) is 0 Å². The molecule has 0 aliphatic heterocycles. The number of amides is 1. The lowest BCUT2D eigenvalue weighted by atomic mass is 9.94. The summed E-state index contributed by atoms with van der Waals surface area (Å²) in [4.78, 5) is 14.6. The highest BCUT2D eigenvalue weighted by Gasteiger charge is 2.52. The Balaban J connectivity index is 0.00000242. The number of likely N-dealkylation sites (N-methyl/N-ethyl adjacent to an activating group) is 1. The number of hydrogen-bond acceptors (Lipinski definition) is 2. The molecule has 3 nitrogen and oxygen atoms in total. The Kier molecular flexibility index (Phi) is 6.90. The van der Waals surface area contributed by atoms with E-state index < -0.39 is 0 Å². The maximum Gasteiger partial charge on any atom is 0.232 e. The van der Waals surface area contributed by atoms with E-state index in [4.69, 9.17) is 5.73 Å². The average molecular weight is 390 g/mol. The Morgan fingerprint density at radius 3 is 2.55 bits per heavy atom. The van der Waals surface area contributed by atoms with E-state index in [1.807, 2.05) is 24.1 Å². The van der Waals surface area contributed by atoms with Crippen LogP contribution in [0.25, 0.3) is 0 Å². The Bertz CT molecular complexity index is 517. The van der Waals surface area contributed by atoms with Crippen LogP contribution in [0.1, 0.15) is 38.7 Å². The molecule has 1 atom stereocenters. The molecule has 1 fully saturated rings. The molecule has 0 spiro atoms. The van der Waals surface area contributed by atoms with Crippen LogP contribution in [-0.4, -0.2) is 30.4 Å². The monoisotopic (exact) mass is 388 g/mol. The fraction of sp³-hybridized carbons (Fsp3) is 0.588. The normalized spacial score (nSPS) is 16.8. The van der Waals surface area contributed by atoms with Crippen molar-refractivity contribution < 1.29 is 4.79 Å². The highest BCUT2D eigenvalue weighted by molar-refractivity contribution is 9.10. The van der Waals surface area contributed by atoms with Crippen LogP contribution < -0.4 is 5.73 Å². The van der Waals surface area contributed by atoms with Gasteiger partial charge in [-0.25, -0.2) is 0 Å². The summed E-state index contributed by atoms with van der Waals surface area (Å²) in [6.45, 7) is 4.97. The lowest BCUT2D eigenvalue weighted by molar-refractivity contribution is -0.132. The van der Waals surface area contributed by atoms with E-state index in [9.17, 15) is 4.79 Å². The first-order valence-corrected chi connectivity index (χ1v) is 8.43. The number of halogens is 2. The number of rotatable bonds is 6. The van der Waals surface area contributed by atoms with Gasteiger partial charge >= 0.3 is 0 Å². The highest BCUT2D eigenvalue weighted by Crippen LogP contribution is 2.49. The van der Waals surface area contributed by atoms with Gasteiger partial charge in [-0.3, -0.25) is 4.79 Å². The fourth-order valence-corrected chi connectivity index (χ4v) is 3.08. The van der Waals surface area contributed by atoms with Crippen molar-refractivity contribution in [1.29, 1.82) is 0 Å². The molecule has 0 aromatic heterocycles. The molecule has 0 bridgehead atoms. The maximum atomic E-state index is 12.8. The lowest BCUT2D eigenvalue weighted by Crippen LogP contribution is -2.39. The van der Waals surface area contributed by atoms with E-state index in [2.05, 4.69) is 41.9 Å². The second-order valence-electron chi connectivity index (χ2n) is 6.52. The van der Waals surface area contributed by atoms with E-state index in [-0.39, 0.29) is 29.8 Å². The van der Waals surface area contributed by atoms with Crippen LogP contribution in [-0.2, 0) is 10.2 Å². The maximum absolute atomic E-state index is 12.8. The number of nitrogens with zero attached hydrogens (tertiary/aromatic N) is 1. The minimum Gasteiger partial charge on any atom is -0.345 e. The molecule has 1 saturated carbocycles. The Hall–Kier alpha value is -0.580. The van der Waals surface area contributed by atoms with Gasteiger partial charge in [0.1, 0.15) is 0 Å². The summed E-state index contributed by atoms with van der Waals surface area (Å²) in [5.41, 5.74) is 6.91. The summed E-state index contributed by atoms with van der Waals surface area (Å²) < 4.78 is 1.03. The van der Waals surface area contributed by atoms with Gasteiger partial charge in [0.2, 0.25) is 5.91 Å². The van der Waals surface area contributed by atoms with Crippen LogP contribution in [0, 0.1) is 5.92 Å². The van der Waals surface area contributed by atoms with Gasteiger partial charge in [0.15, 0.2) is 0 Å². The number of carbonyl (C=O) groups is 1. The van der Waals surface area contributed by atoms with Crippen molar-refractivity contribution in [3.8, 4) is 0 Å². The summed E-state index contributed by atoms with van der Waals surface area (Å²) in [6, 6.07) is 8.28. The molecule has 1 amide bonds. The first-order chi connectivity index (χ1) is 9.86. The SMILES string of the molecule is CC(C)C(N)CCN(C)C(=O)C1(c2cccc(Br)c2)CC1.Cl. The van der Waals surface area contributed by atoms with Gasteiger partial charge < -0.3 is 10.6 Å². The summed E-state index contributed by atoms with van der Waals surface area (Å²) >= 11 is 3.49. The van der Waals surface area contributed by atoms with Crippen LogP contribution >= 0.6 is 28.3 Å². The smallest absolute Gasteiger partial charge is 0.232 e. The molecular weight excluding hydrogens is 364 g/mol. The molecule has 2 rings (SSSR count). The van der Waals surface area contributed by atoms with Crippen molar-refractivity contribution in [3.63, 3.8) is 0 Å². The van der Waals surface area contributed by atoms with Crippen molar-refractivity contribution in [1.82, 2.24) is 4.90 Å². The average Bonchev–Trinajstić information content (AvgIpc) is 3.25. The first-order valence-electron chi connectivity index (χ1n) is 7.64. The van der Waals surface area contributed by atoms with Crippen LogP contribution in [0.4, 0.5) is 0 Å². The summed E-state index contributed by atoms with van der Waals surface area (Å²) in [6.07, 6.45) is 2.75. The zero-order valence-electron chi connectivity index (χ0n) is 13.5. The number of hydrogen-bond donors (Lipinski definition) is 1. The number of nitrogens with two attached hydrogens (primary N) is 1. The number of carbonyl (C=O) groups excluding carboxylic acids is 1. The van der Waals surface area contributed by atoms with Crippen LogP contribution in [0.3, 0.4) is 0 Å². The molecule has 1 aliphatic carbocycles. The van der Waals surface area contributed by atoms with Crippen LogP contribution in [0.5, 0.6) is 0 Å². The van der Waals surface area contributed by atoms with Crippen LogP contribution in [0.2, 0.25) is 0 Å². The summed E-state index contributed by atoms with van der Waals surface area (Å²) in [5.74, 6) is 0.685. The molecule has 5 heteroatoms. The predicted octanol–water partition coefficient (Wildman–Crippen LogP) is 3.73. The van der Waals surface area contributed by atoms with Gasteiger partial charge in [-0.15, -0.1) is 12.4 Å². The van der Waals surface area contributed by atoms with Crippen molar-refractivity contribution in [3.05, 3.63) is 34.3 Å².